The number of nitrogens with one attached hydrogen (secondary N) is 2. The Morgan fingerprint density at radius 2 is 1.73 bits per heavy atom. The number of hydrogen-bond acceptors (Lipinski definition) is 4. The number of anilines is 1. The summed E-state index contributed by atoms with van der Waals surface area (Å²) in [5.41, 5.74) is 1.33. The highest BCUT2D eigenvalue weighted by atomic mass is 19.1. The van der Waals surface area contributed by atoms with Gasteiger partial charge in [0.25, 0.3) is 0 Å². The Kier molecular flexibility index (Phi) is 6.96. The summed E-state index contributed by atoms with van der Waals surface area (Å²) in [5, 5.41) is 5.30. The molecule has 2 aromatic carbocycles. The molecule has 0 aliphatic rings. The molecule has 0 unspecified atom stereocenters. The Labute approximate surface area is 151 Å². The maximum absolute atomic E-state index is 12.8. The van der Waals surface area contributed by atoms with Gasteiger partial charge >= 0.3 is 0 Å². The number of methoxy groups -OCH3 is 2. The monoisotopic (exact) mass is 360 g/mol. The summed E-state index contributed by atoms with van der Waals surface area (Å²) in [7, 11) is 3.00. The zero-order valence-electron chi connectivity index (χ0n) is 14.7. The zero-order valence-corrected chi connectivity index (χ0v) is 14.7. The van der Waals surface area contributed by atoms with Crippen LogP contribution in [0, 0.1) is 5.82 Å². The minimum atomic E-state index is -0.462. The van der Waals surface area contributed by atoms with E-state index in [0.717, 1.165) is 5.56 Å². The number of carbonyl (C=O) groups is 2. The van der Waals surface area contributed by atoms with E-state index < -0.39 is 11.8 Å². The van der Waals surface area contributed by atoms with Crippen molar-refractivity contribution in [3.05, 3.63) is 53.8 Å². The van der Waals surface area contributed by atoms with E-state index in [2.05, 4.69) is 10.6 Å². The lowest BCUT2D eigenvalue weighted by Crippen LogP contribution is -2.29. The summed E-state index contributed by atoms with van der Waals surface area (Å²) >= 11 is 0. The highest BCUT2D eigenvalue weighted by molar-refractivity contribution is 6.04. The van der Waals surface area contributed by atoms with Gasteiger partial charge in [-0.2, -0.15) is 0 Å². The Balaban J connectivity index is 1.81. The van der Waals surface area contributed by atoms with Crippen LogP contribution < -0.4 is 20.1 Å². The molecule has 138 valence electrons. The molecule has 26 heavy (non-hydrogen) atoms. The Bertz CT molecular complexity index is 763. The van der Waals surface area contributed by atoms with E-state index in [1.165, 1.54) is 26.4 Å². The van der Waals surface area contributed by atoms with Gasteiger partial charge in [-0.1, -0.05) is 12.1 Å². The van der Waals surface area contributed by atoms with Crippen molar-refractivity contribution < 1.29 is 23.5 Å². The van der Waals surface area contributed by atoms with Crippen LogP contribution in [0.2, 0.25) is 0 Å². The van der Waals surface area contributed by atoms with Crippen LogP contribution in [-0.4, -0.2) is 32.6 Å². The molecule has 0 spiro atoms. The van der Waals surface area contributed by atoms with E-state index in [0.29, 0.717) is 30.2 Å². The van der Waals surface area contributed by atoms with Crippen LogP contribution in [-0.2, 0) is 16.0 Å². The van der Waals surface area contributed by atoms with Crippen LogP contribution in [0.4, 0.5) is 10.1 Å². The van der Waals surface area contributed by atoms with Crippen molar-refractivity contribution in [1.29, 1.82) is 0 Å². The fourth-order valence-electron chi connectivity index (χ4n) is 2.31. The lowest BCUT2D eigenvalue weighted by molar-refractivity contribution is -0.126. The van der Waals surface area contributed by atoms with Crippen molar-refractivity contribution >= 4 is 17.5 Å². The summed E-state index contributed by atoms with van der Waals surface area (Å²) < 4.78 is 23.1. The van der Waals surface area contributed by atoms with Gasteiger partial charge in [-0.05, 0) is 36.2 Å². The lowest BCUT2D eigenvalue weighted by Gasteiger charge is -2.12. The van der Waals surface area contributed by atoms with Crippen LogP contribution in [0.5, 0.6) is 11.5 Å². The Hall–Kier alpha value is -3.09. The lowest BCUT2D eigenvalue weighted by atomic mass is 10.1. The van der Waals surface area contributed by atoms with E-state index in [-0.39, 0.29) is 12.2 Å². The molecule has 0 saturated carbocycles. The maximum atomic E-state index is 12.8. The van der Waals surface area contributed by atoms with Crippen molar-refractivity contribution in [3.8, 4) is 11.5 Å². The molecular weight excluding hydrogens is 339 g/mol. The van der Waals surface area contributed by atoms with Gasteiger partial charge in [0.2, 0.25) is 11.8 Å². The average Bonchev–Trinajstić information content (AvgIpc) is 2.63. The topological polar surface area (TPSA) is 76.7 Å². The molecule has 0 bridgehead atoms. The molecule has 0 heterocycles. The van der Waals surface area contributed by atoms with Crippen molar-refractivity contribution in [2.75, 3.05) is 26.1 Å². The number of benzene rings is 2. The van der Waals surface area contributed by atoms with Gasteiger partial charge in [-0.3, -0.25) is 9.59 Å². The van der Waals surface area contributed by atoms with E-state index in [4.69, 9.17) is 9.47 Å². The summed E-state index contributed by atoms with van der Waals surface area (Å²) in [6.07, 6.45) is 0.237. The molecule has 0 fully saturated rings. The molecule has 0 radical (unpaired) electrons. The summed E-state index contributed by atoms with van der Waals surface area (Å²) in [4.78, 5) is 23.9. The van der Waals surface area contributed by atoms with E-state index in [1.54, 1.807) is 30.3 Å². The van der Waals surface area contributed by atoms with Crippen LogP contribution >= 0.6 is 0 Å². The minimum Gasteiger partial charge on any atom is -0.497 e. The second kappa shape index (κ2) is 9.41. The molecule has 6 nitrogen and oxygen atoms in total. The van der Waals surface area contributed by atoms with Gasteiger partial charge in [0.1, 0.15) is 23.7 Å². The van der Waals surface area contributed by atoms with Gasteiger partial charge in [-0.25, -0.2) is 4.39 Å². The van der Waals surface area contributed by atoms with Crippen molar-refractivity contribution in [2.45, 2.75) is 12.8 Å². The minimum absolute atomic E-state index is 0.303. The highest BCUT2D eigenvalue weighted by Gasteiger charge is 2.12. The fraction of sp³-hybridized carbons (Fsp3) is 0.263. The molecule has 2 rings (SSSR count). The average molecular weight is 360 g/mol. The normalized spacial score (nSPS) is 10.1. The van der Waals surface area contributed by atoms with Crippen molar-refractivity contribution in [1.82, 2.24) is 5.32 Å². The van der Waals surface area contributed by atoms with Crippen molar-refractivity contribution in [3.63, 3.8) is 0 Å². The van der Waals surface area contributed by atoms with Gasteiger partial charge in [-0.15, -0.1) is 0 Å². The Morgan fingerprint density at radius 1 is 1.00 bits per heavy atom. The second-order valence-corrected chi connectivity index (χ2v) is 5.52. The van der Waals surface area contributed by atoms with Crippen LogP contribution in [0.1, 0.15) is 12.0 Å². The smallest absolute Gasteiger partial charge is 0.233 e. The molecule has 0 aliphatic carbocycles. The van der Waals surface area contributed by atoms with E-state index in [9.17, 15) is 14.0 Å². The third-order valence-corrected chi connectivity index (χ3v) is 3.65. The van der Waals surface area contributed by atoms with Gasteiger partial charge in [0, 0.05) is 12.6 Å². The molecule has 0 aliphatic heterocycles. The molecule has 2 N–H and O–H groups in total. The van der Waals surface area contributed by atoms with Crippen molar-refractivity contribution in [2.24, 2.45) is 0 Å². The second-order valence-electron chi connectivity index (χ2n) is 5.52. The first-order valence-corrected chi connectivity index (χ1v) is 8.05. The molecule has 7 heteroatoms. The van der Waals surface area contributed by atoms with E-state index >= 15 is 0 Å². The summed E-state index contributed by atoms with van der Waals surface area (Å²) in [6.45, 7) is 0.361. The quantitative estimate of drug-likeness (QED) is 0.710. The highest BCUT2D eigenvalue weighted by Crippen LogP contribution is 2.28. The molecular formula is C19H21FN2O4. The molecule has 0 atom stereocenters. The first-order chi connectivity index (χ1) is 12.5. The van der Waals surface area contributed by atoms with Gasteiger partial charge in [0.15, 0.2) is 0 Å². The maximum Gasteiger partial charge on any atom is 0.233 e. The third-order valence-electron chi connectivity index (χ3n) is 3.65. The van der Waals surface area contributed by atoms with Crippen LogP contribution in [0.3, 0.4) is 0 Å². The number of ether oxygens (including phenoxy) is 2. The molecule has 2 aromatic rings. The van der Waals surface area contributed by atoms with E-state index in [1.807, 2.05) is 0 Å². The first kappa shape index (κ1) is 19.2. The SMILES string of the molecule is COc1ccc(OC)c(NC(=O)CC(=O)NCCc2ccc(F)cc2)c1. The largest absolute Gasteiger partial charge is 0.497 e. The number of halogens is 1. The number of rotatable bonds is 8. The number of hydrogen-bond donors (Lipinski definition) is 2. The molecule has 0 aromatic heterocycles. The summed E-state index contributed by atoms with van der Waals surface area (Å²) in [5.74, 6) is -0.134. The zero-order chi connectivity index (χ0) is 18.9. The summed E-state index contributed by atoms with van der Waals surface area (Å²) in [6, 6.07) is 11.0. The van der Waals surface area contributed by atoms with Crippen LogP contribution in [0.25, 0.3) is 0 Å². The predicted octanol–water partition coefficient (Wildman–Crippen LogP) is 2.53. The number of carbonyl (C=O) groups excluding carboxylic acids is 2. The van der Waals surface area contributed by atoms with Crippen LogP contribution in [0.15, 0.2) is 42.5 Å². The standard InChI is InChI=1S/C19H21FN2O4/c1-25-15-7-8-17(26-2)16(11-15)22-19(24)12-18(23)21-10-9-13-3-5-14(20)6-4-13/h3-8,11H,9-10,12H2,1-2H3,(H,21,23)(H,22,24). The van der Waals surface area contributed by atoms with Gasteiger partial charge in [0.05, 0.1) is 19.9 Å². The number of amides is 2. The predicted molar refractivity (Wildman–Crippen MR) is 95.9 cm³/mol. The third kappa shape index (κ3) is 5.77. The van der Waals surface area contributed by atoms with Gasteiger partial charge < -0.3 is 20.1 Å². The first-order valence-electron chi connectivity index (χ1n) is 8.05. The molecule has 0 saturated heterocycles. The molecule has 2 amide bonds. The fourth-order valence-corrected chi connectivity index (χ4v) is 2.31. The Morgan fingerprint density at radius 3 is 2.38 bits per heavy atom.